The standard InChI is InChI=1S/C23H21F3N4O/c24-23(25,26)31-19-9-8-17-14-30(11-10-16(17)12-19)21-13-20(15-6-7-15)28-22(29-21)27-18-4-2-1-3-5-18/h1-5,8-9,12-13,15H,6-7,10-11,14H2,(H,27,28,29). The van der Waals surface area contributed by atoms with E-state index in [-0.39, 0.29) is 5.75 Å². The van der Waals surface area contributed by atoms with Crippen LogP contribution in [0, 0.1) is 0 Å². The van der Waals surface area contributed by atoms with Crippen LogP contribution >= 0.6 is 0 Å². The van der Waals surface area contributed by atoms with Crippen molar-refractivity contribution in [2.45, 2.75) is 38.1 Å². The lowest BCUT2D eigenvalue weighted by Gasteiger charge is -2.30. The maximum absolute atomic E-state index is 12.5. The Hall–Kier alpha value is -3.29. The van der Waals surface area contributed by atoms with Crippen molar-refractivity contribution in [3.05, 3.63) is 71.4 Å². The van der Waals surface area contributed by atoms with Gasteiger partial charge in [-0.1, -0.05) is 24.3 Å². The Morgan fingerprint density at radius 3 is 2.52 bits per heavy atom. The molecule has 5 rings (SSSR count). The van der Waals surface area contributed by atoms with Gasteiger partial charge < -0.3 is 15.0 Å². The molecule has 1 aromatic heterocycles. The second kappa shape index (κ2) is 7.76. The minimum Gasteiger partial charge on any atom is -0.406 e. The number of anilines is 3. The van der Waals surface area contributed by atoms with Crippen molar-refractivity contribution in [1.82, 2.24) is 9.97 Å². The molecule has 0 radical (unpaired) electrons. The Balaban J connectivity index is 1.39. The molecule has 3 aromatic rings. The van der Waals surface area contributed by atoms with Gasteiger partial charge in [-0.05, 0) is 54.7 Å². The molecule has 1 aliphatic carbocycles. The highest BCUT2D eigenvalue weighted by atomic mass is 19.4. The fourth-order valence-corrected chi connectivity index (χ4v) is 3.83. The molecule has 31 heavy (non-hydrogen) atoms. The maximum Gasteiger partial charge on any atom is 0.573 e. The Bertz CT molecular complexity index is 1080. The second-order valence-corrected chi connectivity index (χ2v) is 7.89. The van der Waals surface area contributed by atoms with Gasteiger partial charge in [-0.2, -0.15) is 4.98 Å². The van der Waals surface area contributed by atoms with Gasteiger partial charge in [-0.3, -0.25) is 0 Å². The first kappa shape index (κ1) is 19.7. The average molecular weight is 426 g/mol. The first-order valence-electron chi connectivity index (χ1n) is 10.3. The number of alkyl halides is 3. The van der Waals surface area contributed by atoms with Gasteiger partial charge in [0.25, 0.3) is 0 Å². The molecule has 0 amide bonds. The molecule has 0 bridgehead atoms. The van der Waals surface area contributed by atoms with Crippen LogP contribution in [0.4, 0.5) is 30.6 Å². The highest BCUT2D eigenvalue weighted by Crippen LogP contribution is 2.41. The maximum atomic E-state index is 12.5. The summed E-state index contributed by atoms with van der Waals surface area (Å²) in [5, 5.41) is 3.28. The largest absolute Gasteiger partial charge is 0.573 e. The van der Waals surface area contributed by atoms with Gasteiger partial charge in [0, 0.05) is 30.8 Å². The highest BCUT2D eigenvalue weighted by Gasteiger charge is 2.32. The molecular formula is C23H21F3N4O. The number of para-hydroxylation sites is 1. The fourth-order valence-electron chi connectivity index (χ4n) is 3.83. The van der Waals surface area contributed by atoms with Crippen LogP contribution in [-0.2, 0) is 13.0 Å². The van der Waals surface area contributed by atoms with Crippen molar-refractivity contribution in [3.63, 3.8) is 0 Å². The number of hydrogen-bond acceptors (Lipinski definition) is 5. The topological polar surface area (TPSA) is 50.3 Å². The van der Waals surface area contributed by atoms with Crippen LogP contribution in [0.25, 0.3) is 0 Å². The summed E-state index contributed by atoms with van der Waals surface area (Å²) in [5.41, 5.74) is 3.80. The summed E-state index contributed by atoms with van der Waals surface area (Å²) in [6.07, 6.45) is -1.80. The van der Waals surface area contributed by atoms with Gasteiger partial charge in [-0.15, -0.1) is 13.2 Å². The molecule has 0 unspecified atom stereocenters. The smallest absolute Gasteiger partial charge is 0.406 e. The van der Waals surface area contributed by atoms with Crippen LogP contribution in [0.15, 0.2) is 54.6 Å². The molecule has 2 heterocycles. The summed E-state index contributed by atoms with van der Waals surface area (Å²) < 4.78 is 41.6. The summed E-state index contributed by atoms with van der Waals surface area (Å²) in [7, 11) is 0. The van der Waals surface area contributed by atoms with Gasteiger partial charge in [0.2, 0.25) is 5.95 Å². The summed E-state index contributed by atoms with van der Waals surface area (Å²) in [6, 6.07) is 16.4. The molecule has 2 aromatic carbocycles. The average Bonchev–Trinajstić information content (AvgIpc) is 3.58. The number of nitrogens with zero attached hydrogens (tertiary/aromatic N) is 3. The third-order valence-corrected chi connectivity index (χ3v) is 5.51. The monoisotopic (exact) mass is 426 g/mol. The van der Waals surface area contributed by atoms with Gasteiger partial charge in [-0.25, -0.2) is 4.98 Å². The van der Waals surface area contributed by atoms with E-state index >= 15 is 0 Å². The van der Waals surface area contributed by atoms with Crippen LogP contribution in [0.1, 0.15) is 35.6 Å². The van der Waals surface area contributed by atoms with Crippen molar-refractivity contribution >= 4 is 17.5 Å². The van der Waals surface area contributed by atoms with Gasteiger partial charge in [0.05, 0.1) is 5.69 Å². The number of hydrogen-bond donors (Lipinski definition) is 1. The number of rotatable bonds is 5. The van der Waals surface area contributed by atoms with Crippen molar-refractivity contribution in [2.75, 3.05) is 16.8 Å². The van der Waals surface area contributed by atoms with E-state index < -0.39 is 6.36 Å². The third kappa shape index (κ3) is 4.73. The van der Waals surface area contributed by atoms with Crippen molar-refractivity contribution in [3.8, 4) is 5.75 Å². The van der Waals surface area contributed by atoms with Gasteiger partial charge >= 0.3 is 6.36 Å². The molecule has 2 aliphatic rings. The summed E-state index contributed by atoms with van der Waals surface area (Å²) in [4.78, 5) is 11.6. The number of benzene rings is 2. The van der Waals surface area contributed by atoms with Gasteiger partial charge in [0.1, 0.15) is 11.6 Å². The second-order valence-electron chi connectivity index (χ2n) is 7.89. The summed E-state index contributed by atoms with van der Waals surface area (Å²) in [6.45, 7) is 1.24. The molecule has 1 saturated carbocycles. The molecule has 1 N–H and O–H groups in total. The summed E-state index contributed by atoms with van der Waals surface area (Å²) >= 11 is 0. The molecule has 1 aliphatic heterocycles. The molecular weight excluding hydrogens is 405 g/mol. The first-order chi connectivity index (χ1) is 14.9. The van der Waals surface area contributed by atoms with Crippen LogP contribution in [0.5, 0.6) is 5.75 Å². The lowest BCUT2D eigenvalue weighted by Crippen LogP contribution is -2.31. The summed E-state index contributed by atoms with van der Waals surface area (Å²) in [5.74, 6) is 1.69. The fraction of sp³-hybridized carbons (Fsp3) is 0.304. The molecule has 160 valence electrons. The number of nitrogens with one attached hydrogen (secondary N) is 1. The molecule has 0 spiro atoms. The zero-order valence-electron chi connectivity index (χ0n) is 16.7. The van der Waals surface area contributed by atoms with E-state index in [0.717, 1.165) is 41.2 Å². The number of halogens is 3. The van der Waals surface area contributed by atoms with Crippen molar-refractivity contribution < 1.29 is 17.9 Å². The van der Waals surface area contributed by atoms with E-state index in [1.165, 1.54) is 12.1 Å². The van der Waals surface area contributed by atoms with E-state index in [0.29, 0.717) is 31.4 Å². The number of fused-ring (bicyclic) bond motifs is 1. The predicted octanol–water partition coefficient (Wildman–Crippen LogP) is 5.56. The highest BCUT2D eigenvalue weighted by molar-refractivity contribution is 5.56. The van der Waals surface area contributed by atoms with E-state index in [4.69, 9.17) is 9.97 Å². The Kier molecular flexibility index (Phi) is 4.92. The zero-order chi connectivity index (χ0) is 21.4. The zero-order valence-corrected chi connectivity index (χ0v) is 16.7. The van der Waals surface area contributed by atoms with E-state index in [2.05, 4.69) is 15.0 Å². The van der Waals surface area contributed by atoms with E-state index in [1.807, 2.05) is 36.4 Å². The predicted molar refractivity (Wildman–Crippen MR) is 112 cm³/mol. The molecule has 5 nitrogen and oxygen atoms in total. The van der Waals surface area contributed by atoms with Gasteiger partial charge in [0.15, 0.2) is 0 Å². The molecule has 8 heteroatoms. The normalized spacial score (nSPS) is 16.0. The molecule has 0 saturated heterocycles. The Morgan fingerprint density at radius 2 is 1.77 bits per heavy atom. The molecule has 1 fully saturated rings. The minimum absolute atomic E-state index is 0.174. The Labute approximate surface area is 177 Å². The lowest BCUT2D eigenvalue weighted by molar-refractivity contribution is -0.274. The number of aromatic nitrogens is 2. The van der Waals surface area contributed by atoms with Crippen LogP contribution in [-0.4, -0.2) is 22.9 Å². The third-order valence-electron chi connectivity index (χ3n) is 5.51. The lowest BCUT2D eigenvalue weighted by atomic mass is 9.99. The Morgan fingerprint density at radius 1 is 0.968 bits per heavy atom. The first-order valence-corrected chi connectivity index (χ1v) is 10.3. The minimum atomic E-state index is -4.68. The van der Waals surface area contributed by atoms with Crippen molar-refractivity contribution in [2.24, 2.45) is 0 Å². The van der Waals surface area contributed by atoms with E-state index in [1.54, 1.807) is 6.07 Å². The van der Waals surface area contributed by atoms with Crippen LogP contribution in [0.2, 0.25) is 0 Å². The van der Waals surface area contributed by atoms with Crippen LogP contribution < -0.4 is 15.0 Å². The van der Waals surface area contributed by atoms with Crippen molar-refractivity contribution in [1.29, 1.82) is 0 Å². The number of ether oxygens (including phenoxy) is 1. The SMILES string of the molecule is FC(F)(F)Oc1ccc2c(c1)CCN(c1cc(C3CC3)nc(Nc3ccccc3)n1)C2. The van der Waals surface area contributed by atoms with E-state index in [9.17, 15) is 13.2 Å². The van der Waals surface area contributed by atoms with Crippen LogP contribution in [0.3, 0.4) is 0 Å². The quantitative estimate of drug-likeness (QED) is 0.579. The molecule has 0 atom stereocenters.